The Kier molecular flexibility index (Phi) is 7.65. The molecule has 0 saturated heterocycles. The first kappa shape index (κ1) is 18.4. The zero-order valence-corrected chi connectivity index (χ0v) is 14.5. The van der Waals surface area contributed by atoms with Crippen LogP contribution in [0.5, 0.6) is 0 Å². The summed E-state index contributed by atoms with van der Waals surface area (Å²) in [5.74, 6) is -0.114. The lowest BCUT2D eigenvalue weighted by Crippen LogP contribution is -2.40. The number of hydrogen-bond donors (Lipinski definition) is 1. The predicted octanol–water partition coefficient (Wildman–Crippen LogP) is 2.56. The summed E-state index contributed by atoms with van der Waals surface area (Å²) in [5.41, 5.74) is 0.335. The van der Waals surface area contributed by atoms with Crippen molar-refractivity contribution in [2.45, 2.75) is 64.3 Å². The molecule has 1 N–H and O–H groups in total. The molecule has 1 aromatic rings. The largest absolute Gasteiger partial charge is 0.353 e. The molecule has 0 radical (unpaired) electrons. The third-order valence-corrected chi connectivity index (χ3v) is 4.43. The Bertz CT molecular complexity index is 515. The molecule has 1 fully saturated rings. The molecule has 0 spiro atoms. The average Bonchev–Trinajstić information content (AvgIpc) is 2.63. The minimum Gasteiger partial charge on any atom is -0.353 e. The topological polar surface area (TPSA) is 75.2 Å². The lowest BCUT2D eigenvalue weighted by atomic mass is 9.95. The standard InChI is InChI=1S/C18H28N4O2/c1-2-3-12-22(18(24)16-14-19-10-11-20-16)13-9-17(23)21-15-7-5-4-6-8-15/h10-11,14-15H,2-9,12-13H2,1H3,(H,21,23). The second kappa shape index (κ2) is 10.0. The number of nitrogens with zero attached hydrogens (tertiary/aromatic N) is 3. The molecular weight excluding hydrogens is 304 g/mol. The molecule has 0 bridgehead atoms. The Morgan fingerprint density at radius 1 is 1.21 bits per heavy atom. The van der Waals surface area contributed by atoms with E-state index in [1.54, 1.807) is 11.1 Å². The average molecular weight is 332 g/mol. The highest BCUT2D eigenvalue weighted by Gasteiger charge is 2.19. The first-order valence-corrected chi connectivity index (χ1v) is 9.05. The van der Waals surface area contributed by atoms with Gasteiger partial charge in [0.05, 0.1) is 6.20 Å². The van der Waals surface area contributed by atoms with E-state index in [4.69, 9.17) is 0 Å². The number of carbonyl (C=O) groups excluding carboxylic acids is 2. The van der Waals surface area contributed by atoms with Gasteiger partial charge in [0.1, 0.15) is 5.69 Å². The van der Waals surface area contributed by atoms with Crippen molar-refractivity contribution in [2.75, 3.05) is 13.1 Å². The van der Waals surface area contributed by atoms with Gasteiger partial charge in [-0.3, -0.25) is 14.6 Å². The smallest absolute Gasteiger partial charge is 0.274 e. The van der Waals surface area contributed by atoms with Crippen LogP contribution in [0.4, 0.5) is 0 Å². The Morgan fingerprint density at radius 3 is 2.67 bits per heavy atom. The number of rotatable bonds is 8. The Hall–Kier alpha value is -1.98. The van der Waals surface area contributed by atoms with E-state index in [0.29, 0.717) is 31.2 Å². The molecule has 6 nitrogen and oxygen atoms in total. The highest BCUT2D eigenvalue weighted by atomic mass is 16.2. The number of carbonyl (C=O) groups is 2. The maximum Gasteiger partial charge on any atom is 0.274 e. The van der Waals surface area contributed by atoms with E-state index in [0.717, 1.165) is 25.7 Å². The van der Waals surface area contributed by atoms with Crippen LogP contribution >= 0.6 is 0 Å². The first-order valence-electron chi connectivity index (χ1n) is 9.05. The van der Waals surface area contributed by atoms with Crippen molar-refractivity contribution in [2.24, 2.45) is 0 Å². The SMILES string of the molecule is CCCCN(CCC(=O)NC1CCCCC1)C(=O)c1cnccn1. The zero-order valence-electron chi connectivity index (χ0n) is 14.5. The van der Waals surface area contributed by atoms with Gasteiger partial charge >= 0.3 is 0 Å². The maximum atomic E-state index is 12.5. The fourth-order valence-corrected chi connectivity index (χ4v) is 3.02. The van der Waals surface area contributed by atoms with Gasteiger partial charge in [-0.25, -0.2) is 4.98 Å². The Labute approximate surface area is 144 Å². The molecule has 2 rings (SSSR count). The number of unbranched alkanes of at least 4 members (excludes halogenated alkanes) is 1. The summed E-state index contributed by atoms with van der Waals surface area (Å²) in [6.07, 6.45) is 12.6. The van der Waals surface area contributed by atoms with E-state index < -0.39 is 0 Å². The lowest BCUT2D eigenvalue weighted by Gasteiger charge is -2.25. The van der Waals surface area contributed by atoms with Crippen LogP contribution < -0.4 is 5.32 Å². The summed E-state index contributed by atoms with van der Waals surface area (Å²) in [6, 6.07) is 0.311. The minimum atomic E-state index is -0.151. The van der Waals surface area contributed by atoms with Gasteiger partial charge in [-0.1, -0.05) is 32.6 Å². The Morgan fingerprint density at radius 2 is 2.00 bits per heavy atom. The molecular formula is C18H28N4O2. The van der Waals surface area contributed by atoms with E-state index >= 15 is 0 Å². The molecule has 0 atom stereocenters. The molecule has 24 heavy (non-hydrogen) atoms. The lowest BCUT2D eigenvalue weighted by molar-refractivity contribution is -0.122. The van der Waals surface area contributed by atoms with E-state index in [9.17, 15) is 9.59 Å². The molecule has 1 saturated carbocycles. The predicted molar refractivity (Wildman–Crippen MR) is 92.5 cm³/mol. The van der Waals surface area contributed by atoms with E-state index in [1.165, 1.54) is 31.7 Å². The highest BCUT2D eigenvalue weighted by Crippen LogP contribution is 2.17. The van der Waals surface area contributed by atoms with Gasteiger partial charge in [0.2, 0.25) is 5.91 Å². The van der Waals surface area contributed by atoms with Crippen LogP contribution in [0.2, 0.25) is 0 Å². The summed E-state index contributed by atoms with van der Waals surface area (Å²) < 4.78 is 0. The second-order valence-corrected chi connectivity index (χ2v) is 6.39. The molecule has 0 aliphatic heterocycles. The summed E-state index contributed by atoms with van der Waals surface area (Å²) >= 11 is 0. The molecule has 2 amide bonds. The van der Waals surface area contributed by atoms with Crippen LogP contribution in [-0.2, 0) is 4.79 Å². The van der Waals surface area contributed by atoms with Gasteiger partial charge in [-0.2, -0.15) is 0 Å². The molecule has 1 aliphatic carbocycles. The molecule has 132 valence electrons. The van der Waals surface area contributed by atoms with Gasteiger partial charge in [-0.15, -0.1) is 0 Å². The van der Waals surface area contributed by atoms with Crippen molar-refractivity contribution in [1.29, 1.82) is 0 Å². The molecule has 1 aliphatic rings. The molecule has 6 heteroatoms. The van der Waals surface area contributed by atoms with E-state index in [1.807, 2.05) is 0 Å². The summed E-state index contributed by atoms with van der Waals surface area (Å²) in [4.78, 5) is 34.5. The summed E-state index contributed by atoms with van der Waals surface area (Å²) in [6.45, 7) is 3.15. The maximum absolute atomic E-state index is 12.5. The quantitative estimate of drug-likeness (QED) is 0.794. The fraction of sp³-hybridized carbons (Fsp3) is 0.667. The number of aromatic nitrogens is 2. The fourth-order valence-electron chi connectivity index (χ4n) is 3.02. The van der Waals surface area contributed by atoms with Gasteiger partial charge in [0, 0.05) is 37.9 Å². The molecule has 0 unspecified atom stereocenters. The van der Waals surface area contributed by atoms with Crippen LogP contribution in [0, 0.1) is 0 Å². The third-order valence-electron chi connectivity index (χ3n) is 4.43. The van der Waals surface area contributed by atoms with E-state index in [-0.39, 0.29) is 11.8 Å². The highest BCUT2D eigenvalue weighted by molar-refractivity contribution is 5.92. The minimum absolute atomic E-state index is 0.0374. The van der Waals surface area contributed by atoms with Crippen molar-refractivity contribution >= 4 is 11.8 Å². The van der Waals surface area contributed by atoms with E-state index in [2.05, 4.69) is 22.2 Å². The molecule has 0 aromatic carbocycles. The second-order valence-electron chi connectivity index (χ2n) is 6.39. The Balaban J connectivity index is 1.86. The monoisotopic (exact) mass is 332 g/mol. The van der Waals surface area contributed by atoms with Gasteiger partial charge in [0.25, 0.3) is 5.91 Å². The number of hydrogen-bond acceptors (Lipinski definition) is 4. The molecule has 1 aromatic heterocycles. The van der Waals surface area contributed by atoms with Gasteiger partial charge < -0.3 is 10.2 Å². The third kappa shape index (κ3) is 5.91. The van der Waals surface area contributed by atoms with Gasteiger partial charge in [0.15, 0.2) is 0 Å². The van der Waals surface area contributed by atoms with Gasteiger partial charge in [-0.05, 0) is 19.3 Å². The first-order chi connectivity index (χ1) is 11.7. The van der Waals surface area contributed by atoms with Crippen molar-refractivity contribution in [3.05, 3.63) is 24.3 Å². The summed E-state index contributed by atoms with van der Waals surface area (Å²) in [5, 5.41) is 3.10. The number of nitrogens with one attached hydrogen (secondary N) is 1. The van der Waals surface area contributed by atoms with Crippen LogP contribution in [0.15, 0.2) is 18.6 Å². The summed E-state index contributed by atoms with van der Waals surface area (Å²) in [7, 11) is 0. The van der Waals surface area contributed by atoms with Crippen LogP contribution in [-0.4, -0.2) is 45.8 Å². The molecule has 1 heterocycles. The van der Waals surface area contributed by atoms with Crippen LogP contribution in [0.3, 0.4) is 0 Å². The van der Waals surface area contributed by atoms with Crippen molar-refractivity contribution in [1.82, 2.24) is 20.2 Å². The normalized spacial score (nSPS) is 15.0. The van der Waals surface area contributed by atoms with Crippen LogP contribution in [0.1, 0.15) is 68.8 Å². The van der Waals surface area contributed by atoms with Crippen LogP contribution in [0.25, 0.3) is 0 Å². The zero-order chi connectivity index (χ0) is 17.2. The number of amides is 2. The van der Waals surface area contributed by atoms with Crippen molar-refractivity contribution in [3.8, 4) is 0 Å². The van der Waals surface area contributed by atoms with Crippen molar-refractivity contribution in [3.63, 3.8) is 0 Å². The van der Waals surface area contributed by atoms with Crippen molar-refractivity contribution < 1.29 is 9.59 Å².